The molecule has 1 aliphatic rings. The number of amides is 1. The Bertz CT molecular complexity index is 461. The summed E-state index contributed by atoms with van der Waals surface area (Å²) in [5.74, 6) is 1.00. The normalized spacial score (nSPS) is 22.0. The van der Waals surface area contributed by atoms with Gasteiger partial charge in [-0.3, -0.25) is 4.79 Å². The Morgan fingerprint density at radius 3 is 2.43 bits per heavy atom. The van der Waals surface area contributed by atoms with Crippen molar-refractivity contribution in [2.45, 2.75) is 33.1 Å². The van der Waals surface area contributed by atoms with Gasteiger partial charge < -0.3 is 10.6 Å². The molecule has 118 valence electrons. The van der Waals surface area contributed by atoms with E-state index in [0.29, 0.717) is 18.4 Å². The van der Waals surface area contributed by atoms with E-state index in [1.165, 1.54) is 5.56 Å². The standard InChI is InChI=1S/C17H26N2O.ClH/c1-4-17(2,3)16(20)19-11-14(10-18)15(12-19)13-8-6-5-7-9-13;/h5-9,14-15H,4,10-12,18H2,1-3H3;1H/t14-,15+;/m1./s1. The van der Waals surface area contributed by atoms with Crippen LogP contribution in [0.5, 0.6) is 0 Å². The maximum Gasteiger partial charge on any atom is 0.228 e. The van der Waals surface area contributed by atoms with Gasteiger partial charge in [0.05, 0.1) is 0 Å². The number of nitrogens with two attached hydrogens (primary N) is 1. The Morgan fingerprint density at radius 1 is 1.29 bits per heavy atom. The van der Waals surface area contributed by atoms with Crippen molar-refractivity contribution < 1.29 is 4.79 Å². The Morgan fingerprint density at radius 2 is 1.90 bits per heavy atom. The van der Waals surface area contributed by atoms with E-state index in [4.69, 9.17) is 5.73 Å². The highest BCUT2D eigenvalue weighted by Crippen LogP contribution is 2.35. The fourth-order valence-electron chi connectivity index (χ4n) is 2.93. The zero-order valence-electron chi connectivity index (χ0n) is 13.2. The average Bonchev–Trinajstić information content (AvgIpc) is 2.91. The molecule has 1 amide bonds. The smallest absolute Gasteiger partial charge is 0.228 e. The second kappa shape index (κ2) is 7.28. The Kier molecular flexibility index (Phi) is 6.24. The van der Waals surface area contributed by atoms with Gasteiger partial charge in [-0.25, -0.2) is 0 Å². The van der Waals surface area contributed by atoms with Crippen molar-refractivity contribution in [3.63, 3.8) is 0 Å². The molecule has 3 nitrogen and oxygen atoms in total. The third kappa shape index (κ3) is 3.78. The summed E-state index contributed by atoms with van der Waals surface area (Å²) in [6.07, 6.45) is 0.867. The minimum absolute atomic E-state index is 0. The van der Waals surface area contributed by atoms with Crippen LogP contribution >= 0.6 is 12.4 Å². The van der Waals surface area contributed by atoms with E-state index >= 15 is 0 Å². The molecule has 1 aromatic rings. The van der Waals surface area contributed by atoms with Gasteiger partial charge in [0, 0.05) is 24.4 Å². The Balaban J connectivity index is 0.00000220. The van der Waals surface area contributed by atoms with Crippen LogP contribution in [0.3, 0.4) is 0 Å². The number of carbonyl (C=O) groups is 1. The molecule has 1 aromatic carbocycles. The first-order valence-electron chi connectivity index (χ1n) is 7.54. The van der Waals surface area contributed by atoms with Crippen LogP contribution in [-0.2, 0) is 4.79 Å². The van der Waals surface area contributed by atoms with Crippen LogP contribution in [0.25, 0.3) is 0 Å². The molecule has 0 aromatic heterocycles. The van der Waals surface area contributed by atoms with Gasteiger partial charge in [-0.1, -0.05) is 51.1 Å². The molecule has 21 heavy (non-hydrogen) atoms. The SMILES string of the molecule is CCC(C)(C)C(=O)N1C[C@@H](CN)[C@H](c2ccccc2)C1.Cl. The molecule has 2 atom stereocenters. The van der Waals surface area contributed by atoms with Gasteiger partial charge in [-0.05, 0) is 24.4 Å². The molecule has 0 unspecified atom stereocenters. The highest BCUT2D eigenvalue weighted by atomic mass is 35.5. The number of hydrogen-bond acceptors (Lipinski definition) is 2. The lowest BCUT2D eigenvalue weighted by Gasteiger charge is -2.28. The highest BCUT2D eigenvalue weighted by Gasteiger charge is 2.39. The van der Waals surface area contributed by atoms with Crippen molar-refractivity contribution in [2.24, 2.45) is 17.1 Å². The zero-order valence-corrected chi connectivity index (χ0v) is 14.0. The predicted molar refractivity (Wildman–Crippen MR) is 89.6 cm³/mol. The lowest BCUT2D eigenvalue weighted by Crippen LogP contribution is -2.39. The van der Waals surface area contributed by atoms with E-state index in [9.17, 15) is 4.79 Å². The van der Waals surface area contributed by atoms with Gasteiger partial charge in [-0.2, -0.15) is 0 Å². The summed E-state index contributed by atoms with van der Waals surface area (Å²) < 4.78 is 0. The summed E-state index contributed by atoms with van der Waals surface area (Å²) in [5.41, 5.74) is 6.95. The van der Waals surface area contributed by atoms with Crippen LogP contribution in [0.2, 0.25) is 0 Å². The molecule has 4 heteroatoms. The second-order valence-electron chi connectivity index (χ2n) is 6.46. The molecule has 2 rings (SSSR count). The van der Waals surface area contributed by atoms with Crippen molar-refractivity contribution in [1.82, 2.24) is 4.90 Å². The van der Waals surface area contributed by atoms with E-state index < -0.39 is 0 Å². The topological polar surface area (TPSA) is 46.3 Å². The summed E-state index contributed by atoms with van der Waals surface area (Å²) in [4.78, 5) is 14.6. The minimum Gasteiger partial charge on any atom is -0.341 e. The van der Waals surface area contributed by atoms with Crippen LogP contribution < -0.4 is 5.73 Å². The number of rotatable bonds is 4. The Labute approximate surface area is 134 Å². The molecule has 1 aliphatic heterocycles. The van der Waals surface area contributed by atoms with Crippen molar-refractivity contribution >= 4 is 18.3 Å². The molecule has 0 spiro atoms. The quantitative estimate of drug-likeness (QED) is 0.929. The number of benzene rings is 1. The monoisotopic (exact) mass is 310 g/mol. The predicted octanol–water partition coefficient (Wildman–Crippen LogP) is 3.05. The molecule has 0 aliphatic carbocycles. The van der Waals surface area contributed by atoms with E-state index in [-0.39, 0.29) is 23.7 Å². The van der Waals surface area contributed by atoms with Gasteiger partial charge in [0.2, 0.25) is 5.91 Å². The first-order chi connectivity index (χ1) is 9.49. The van der Waals surface area contributed by atoms with E-state index in [2.05, 4.69) is 31.2 Å². The van der Waals surface area contributed by atoms with E-state index in [0.717, 1.165) is 19.5 Å². The maximum absolute atomic E-state index is 12.6. The molecular formula is C17H27ClN2O. The Hall–Kier alpha value is -1.06. The fraction of sp³-hybridized carbons (Fsp3) is 0.588. The summed E-state index contributed by atoms with van der Waals surface area (Å²) in [6.45, 7) is 8.36. The molecule has 0 saturated carbocycles. The molecule has 0 bridgehead atoms. The van der Waals surface area contributed by atoms with Crippen LogP contribution in [0, 0.1) is 11.3 Å². The minimum atomic E-state index is -0.273. The lowest BCUT2D eigenvalue weighted by atomic mass is 9.88. The lowest BCUT2D eigenvalue weighted by molar-refractivity contribution is -0.139. The van der Waals surface area contributed by atoms with Crippen LogP contribution in [-0.4, -0.2) is 30.4 Å². The van der Waals surface area contributed by atoms with Crippen molar-refractivity contribution in [2.75, 3.05) is 19.6 Å². The first kappa shape index (κ1) is 18.0. The van der Waals surface area contributed by atoms with Crippen molar-refractivity contribution in [3.05, 3.63) is 35.9 Å². The molecule has 1 saturated heterocycles. The molecule has 1 heterocycles. The average molecular weight is 311 g/mol. The van der Waals surface area contributed by atoms with Gasteiger partial charge in [0.15, 0.2) is 0 Å². The van der Waals surface area contributed by atoms with Gasteiger partial charge in [0.25, 0.3) is 0 Å². The fourth-order valence-corrected chi connectivity index (χ4v) is 2.93. The summed E-state index contributed by atoms with van der Waals surface area (Å²) in [6, 6.07) is 10.4. The van der Waals surface area contributed by atoms with Gasteiger partial charge in [0.1, 0.15) is 0 Å². The highest BCUT2D eigenvalue weighted by molar-refractivity contribution is 5.85. The van der Waals surface area contributed by atoms with Gasteiger partial charge >= 0.3 is 0 Å². The van der Waals surface area contributed by atoms with Crippen LogP contribution in [0.1, 0.15) is 38.7 Å². The molecule has 1 fully saturated rings. The van der Waals surface area contributed by atoms with Crippen LogP contribution in [0.15, 0.2) is 30.3 Å². The largest absolute Gasteiger partial charge is 0.341 e. The number of nitrogens with zero attached hydrogens (tertiary/aromatic N) is 1. The van der Waals surface area contributed by atoms with E-state index in [1.54, 1.807) is 0 Å². The van der Waals surface area contributed by atoms with Crippen molar-refractivity contribution in [1.29, 1.82) is 0 Å². The number of hydrogen-bond donors (Lipinski definition) is 1. The molecule has 0 radical (unpaired) electrons. The van der Waals surface area contributed by atoms with Crippen LogP contribution in [0.4, 0.5) is 0 Å². The zero-order chi connectivity index (χ0) is 14.8. The van der Waals surface area contributed by atoms with E-state index in [1.807, 2.05) is 24.8 Å². The summed E-state index contributed by atoms with van der Waals surface area (Å²) >= 11 is 0. The number of carbonyl (C=O) groups excluding carboxylic acids is 1. The summed E-state index contributed by atoms with van der Waals surface area (Å²) in [5, 5.41) is 0. The number of halogens is 1. The van der Waals surface area contributed by atoms with Crippen molar-refractivity contribution in [3.8, 4) is 0 Å². The summed E-state index contributed by atoms with van der Waals surface area (Å²) in [7, 11) is 0. The number of likely N-dealkylation sites (tertiary alicyclic amines) is 1. The second-order valence-corrected chi connectivity index (χ2v) is 6.46. The maximum atomic E-state index is 12.6. The molecular weight excluding hydrogens is 284 g/mol. The van der Waals surface area contributed by atoms with Gasteiger partial charge in [-0.15, -0.1) is 12.4 Å². The third-order valence-electron chi connectivity index (χ3n) is 4.72. The first-order valence-corrected chi connectivity index (χ1v) is 7.54. The third-order valence-corrected chi connectivity index (χ3v) is 4.72. The molecule has 2 N–H and O–H groups in total.